The van der Waals surface area contributed by atoms with Crippen LogP contribution in [0.5, 0.6) is 0 Å². The molecular weight excluding hydrogens is 280 g/mol. The lowest BCUT2D eigenvalue weighted by molar-refractivity contribution is -0.0565. The number of hydrogen-bond donors (Lipinski definition) is 3. The largest absolute Gasteiger partial charge is 0.388 e. The van der Waals surface area contributed by atoms with E-state index in [0.717, 1.165) is 25.6 Å². The Morgan fingerprint density at radius 2 is 1.91 bits per heavy atom. The van der Waals surface area contributed by atoms with Gasteiger partial charge in [0.15, 0.2) is 5.96 Å². The summed E-state index contributed by atoms with van der Waals surface area (Å²) in [6, 6.07) is 0. The fraction of sp³-hybridized carbons (Fsp3) is 0.938. The summed E-state index contributed by atoms with van der Waals surface area (Å²) in [6.45, 7) is 8.98. The van der Waals surface area contributed by atoms with E-state index in [4.69, 9.17) is 4.74 Å². The molecular formula is C16H32N4O2. The van der Waals surface area contributed by atoms with Crippen molar-refractivity contribution in [2.45, 2.75) is 44.6 Å². The zero-order chi connectivity index (χ0) is 15.7. The summed E-state index contributed by atoms with van der Waals surface area (Å²) in [5, 5.41) is 17.1. The molecule has 0 radical (unpaired) electrons. The molecule has 2 aliphatic rings. The first-order valence-electron chi connectivity index (χ1n) is 8.76. The van der Waals surface area contributed by atoms with Gasteiger partial charge in [0.1, 0.15) is 0 Å². The Morgan fingerprint density at radius 1 is 1.18 bits per heavy atom. The normalized spacial score (nSPS) is 23.3. The number of piperidine rings is 1. The van der Waals surface area contributed by atoms with Gasteiger partial charge in [-0.3, -0.25) is 4.99 Å². The number of rotatable bonds is 6. The van der Waals surface area contributed by atoms with Gasteiger partial charge in [0.2, 0.25) is 0 Å². The van der Waals surface area contributed by atoms with Gasteiger partial charge in [-0.1, -0.05) is 6.42 Å². The number of aliphatic imine (C=N–C) groups is 1. The molecule has 0 unspecified atom stereocenters. The minimum Gasteiger partial charge on any atom is -0.388 e. The fourth-order valence-corrected chi connectivity index (χ4v) is 2.99. The predicted molar refractivity (Wildman–Crippen MR) is 89.3 cm³/mol. The van der Waals surface area contributed by atoms with Crippen molar-refractivity contribution >= 4 is 5.96 Å². The van der Waals surface area contributed by atoms with Crippen LogP contribution in [0.3, 0.4) is 0 Å². The first-order valence-corrected chi connectivity index (χ1v) is 8.76. The maximum atomic E-state index is 10.5. The Balaban J connectivity index is 1.74. The van der Waals surface area contributed by atoms with Crippen LogP contribution in [0.25, 0.3) is 0 Å². The van der Waals surface area contributed by atoms with Gasteiger partial charge >= 0.3 is 0 Å². The van der Waals surface area contributed by atoms with Gasteiger partial charge in [-0.05, 0) is 32.9 Å². The van der Waals surface area contributed by atoms with Crippen molar-refractivity contribution < 1.29 is 9.84 Å². The molecule has 2 saturated heterocycles. The summed E-state index contributed by atoms with van der Waals surface area (Å²) >= 11 is 0. The van der Waals surface area contributed by atoms with E-state index in [-0.39, 0.29) is 0 Å². The number of hydrogen-bond acceptors (Lipinski definition) is 4. The van der Waals surface area contributed by atoms with E-state index in [1.54, 1.807) is 0 Å². The van der Waals surface area contributed by atoms with Gasteiger partial charge in [0.25, 0.3) is 0 Å². The van der Waals surface area contributed by atoms with Gasteiger partial charge in [-0.2, -0.15) is 0 Å². The number of likely N-dealkylation sites (tertiary alicyclic amines) is 1. The van der Waals surface area contributed by atoms with Crippen LogP contribution in [-0.4, -0.2) is 74.0 Å². The maximum Gasteiger partial charge on any atom is 0.191 e. The van der Waals surface area contributed by atoms with Crippen molar-refractivity contribution in [2.24, 2.45) is 4.99 Å². The zero-order valence-corrected chi connectivity index (χ0v) is 13.9. The van der Waals surface area contributed by atoms with Crippen LogP contribution < -0.4 is 10.6 Å². The summed E-state index contributed by atoms with van der Waals surface area (Å²) in [4.78, 5) is 7.07. The zero-order valence-electron chi connectivity index (χ0n) is 13.9. The number of aliphatic hydroxyl groups is 1. The number of ether oxygens (including phenoxy) is 1. The average molecular weight is 312 g/mol. The van der Waals surface area contributed by atoms with E-state index in [2.05, 4.69) is 27.4 Å². The van der Waals surface area contributed by atoms with E-state index in [0.29, 0.717) is 32.6 Å². The molecule has 0 bridgehead atoms. The monoisotopic (exact) mass is 312 g/mol. The van der Waals surface area contributed by atoms with Gasteiger partial charge in [-0.15, -0.1) is 0 Å². The highest BCUT2D eigenvalue weighted by Crippen LogP contribution is 2.20. The number of nitrogens with one attached hydrogen (secondary N) is 2. The molecule has 0 aromatic rings. The highest BCUT2D eigenvalue weighted by atomic mass is 16.5. The van der Waals surface area contributed by atoms with Crippen LogP contribution in [0.15, 0.2) is 4.99 Å². The second-order valence-electron chi connectivity index (χ2n) is 6.36. The minimum absolute atomic E-state index is 0.440. The molecule has 128 valence electrons. The smallest absolute Gasteiger partial charge is 0.191 e. The van der Waals surface area contributed by atoms with Crippen LogP contribution in [0.1, 0.15) is 39.0 Å². The topological polar surface area (TPSA) is 69.1 Å². The van der Waals surface area contributed by atoms with Crippen LogP contribution >= 0.6 is 0 Å². The molecule has 0 aliphatic carbocycles. The molecule has 0 atom stereocenters. The number of guanidine groups is 1. The van der Waals surface area contributed by atoms with Crippen molar-refractivity contribution in [2.75, 3.05) is 52.5 Å². The van der Waals surface area contributed by atoms with Crippen molar-refractivity contribution in [1.29, 1.82) is 0 Å². The lowest BCUT2D eigenvalue weighted by Crippen LogP contribution is -2.44. The molecule has 2 aliphatic heterocycles. The van der Waals surface area contributed by atoms with E-state index in [1.165, 1.54) is 32.4 Å². The second-order valence-corrected chi connectivity index (χ2v) is 6.36. The summed E-state index contributed by atoms with van der Waals surface area (Å²) in [6.07, 6.45) is 5.36. The van der Waals surface area contributed by atoms with Crippen LogP contribution in [0.2, 0.25) is 0 Å². The Labute approximate surface area is 134 Å². The van der Waals surface area contributed by atoms with Gasteiger partial charge < -0.3 is 25.4 Å². The molecule has 0 aromatic carbocycles. The van der Waals surface area contributed by atoms with Crippen LogP contribution in [0.4, 0.5) is 0 Å². The molecule has 6 nitrogen and oxygen atoms in total. The SMILES string of the molecule is CCNC(=NCC1(O)CCOCC1)NCCN1CCCCC1. The molecule has 0 spiro atoms. The quantitative estimate of drug-likeness (QED) is 0.494. The highest BCUT2D eigenvalue weighted by Gasteiger charge is 2.29. The molecule has 6 heteroatoms. The Kier molecular flexibility index (Phi) is 7.42. The standard InChI is InChI=1S/C16H32N4O2/c1-2-17-15(18-8-11-20-9-4-3-5-10-20)19-14-16(21)6-12-22-13-7-16/h21H,2-14H2,1H3,(H2,17,18,19). The molecule has 0 saturated carbocycles. The van der Waals surface area contributed by atoms with Crippen LogP contribution in [-0.2, 0) is 4.74 Å². The highest BCUT2D eigenvalue weighted by molar-refractivity contribution is 5.79. The van der Waals surface area contributed by atoms with E-state index < -0.39 is 5.60 Å². The molecule has 3 N–H and O–H groups in total. The molecule has 2 heterocycles. The predicted octanol–water partition coefficient (Wildman–Crippen LogP) is 0.569. The van der Waals surface area contributed by atoms with Crippen molar-refractivity contribution in [1.82, 2.24) is 15.5 Å². The molecule has 2 fully saturated rings. The molecule has 2 rings (SSSR count). The Morgan fingerprint density at radius 3 is 2.59 bits per heavy atom. The van der Waals surface area contributed by atoms with Crippen molar-refractivity contribution in [3.8, 4) is 0 Å². The first kappa shape index (κ1) is 17.5. The number of nitrogens with zero attached hydrogens (tertiary/aromatic N) is 2. The lowest BCUT2D eigenvalue weighted by atomic mass is 9.95. The Hall–Kier alpha value is -0.850. The average Bonchev–Trinajstić information content (AvgIpc) is 2.54. The third kappa shape index (κ3) is 6.10. The third-order valence-corrected chi connectivity index (χ3v) is 4.47. The summed E-state index contributed by atoms with van der Waals surface area (Å²) < 4.78 is 5.31. The minimum atomic E-state index is -0.701. The second kappa shape index (κ2) is 9.33. The van der Waals surface area contributed by atoms with E-state index >= 15 is 0 Å². The maximum absolute atomic E-state index is 10.5. The molecule has 0 aromatic heterocycles. The molecule has 22 heavy (non-hydrogen) atoms. The van der Waals surface area contributed by atoms with Crippen molar-refractivity contribution in [3.63, 3.8) is 0 Å². The van der Waals surface area contributed by atoms with E-state index in [9.17, 15) is 5.11 Å². The summed E-state index contributed by atoms with van der Waals surface area (Å²) in [5.41, 5.74) is -0.701. The molecule has 0 amide bonds. The van der Waals surface area contributed by atoms with Crippen molar-refractivity contribution in [3.05, 3.63) is 0 Å². The van der Waals surface area contributed by atoms with E-state index in [1.807, 2.05) is 0 Å². The summed E-state index contributed by atoms with van der Waals surface area (Å²) in [7, 11) is 0. The Bertz CT molecular complexity index is 337. The third-order valence-electron chi connectivity index (χ3n) is 4.47. The van der Waals surface area contributed by atoms with Crippen LogP contribution in [0, 0.1) is 0 Å². The van der Waals surface area contributed by atoms with Gasteiger partial charge in [-0.25, -0.2) is 0 Å². The summed E-state index contributed by atoms with van der Waals surface area (Å²) in [5.74, 6) is 0.805. The van der Waals surface area contributed by atoms with Gasteiger partial charge in [0.05, 0.1) is 12.1 Å². The fourth-order valence-electron chi connectivity index (χ4n) is 2.99. The van der Waals surface area contributed by atoms with Gasteiger partial charge in [0, 0.05) is 45.7 Å². The first-order chi connectivity index (χ1) is 10.7. The lowest BCUT2D eigenvalue weighted by Gasteiger charge is -2.30.